The Kier molecular flexibility index (Phi) is 4.51. The second kappa shape index (κ2) is 5.46. The molecule has 0 aromatic heterocycles. The van der Waals surface area contributed by atoms with Crippen LogP contribution in [0.15, 0.2) is 0 Å². The maximum absolute atomic E-state index is 10.8. The van der Waals surface area contributed by atoms with Crippen molar-refractivity contribution in [1.29, 1.82) is 0 Å². The zero-order chi connectivity index (χ0) is 12.2. The summed E-state index contributed by atoms with van der Waals surface area (Å²) in [6.07, 6.45) is 5.37. The summed E-state index contributed by atoms with van der Waals surface area (Å²) >= 11 is 0. The van der Waals surface area contributed by atoms with E-state index in [4.69, 9.17) is 4.74 Å². The lowest BCUT2D eigenvalue weighted by Crippen LogP contribution is -2.31. The summed E-state index contributed by atoms with van der Waals surface area (Å²) in [5.41, 5.74) is 0.375. The summed E-state index contributed by atoms with van der Waals surface area (Å²) in [5.74, 6) is -0.0121. The van der Waals surface area contributed by atoms with Crippen LogP contribution in [0.5, 0.6) is 0 Å². The van der Waals surface area contributed by atoms with Crippen LogP contribution >= 0.6 is 0 Å². The minimum Gasteiger partial charge on any atom is -0.457 e. The van der Waals surface area contributed by atoms with Gasteiger partial charge in [-0.15, -0.1) is 0 Å². The average Bonchev–Trinajstić information content (AvgIpc) is 2.29. The first-order chi connectivity index (χ1) is 7.49. The van der Waals surface area contributed by atoms with Gasteiger partial charge in [-0.2, -0.15) is 0 Å². The van der Waals surface area contributed by atoms with Crippen LogP contribution in [0, 0.1) is 11.3 Å². The lowest BCUT2D eigenvalue weighted by Gasteiger charge is -2.38. The van der Waals surface area contributed by atoms with E-state index in [2.05, 4.69) is 20.8 Å². The Morgan fingerprint density at radius 2 is 1.88 bits per heavy atom. The van der Waals surface area contributed by atoms with Crippen molar-refractivity contribution in [3.05, 3.63) is 0 Å². The predicted octanol–water partition coefficient (Wildman–Crippen LogP) is 2.72. The number of rotatable bonds is 4. The number of carbonyl (C=O) groups excluding carboxylic acids is 2. The monoisotopic (exact) mass is 226 g/mol. The van der Waals surface area contributed by atoms with Crippen LogP contribution in [0.3, 0.4) is 0 Å². The molecule has 0 amide bonds. The third-order valence-electron chi connectivity index (χ3n) is 4.07. The van der Waals surface area contributed by atoms with E-state index in [0.717, 1.165) is 25.7 Å². The quantitative estimate of drug-likeness (QED) is 0.420. The van der Waals surface area contributed by atoms with Crippen molar-refractivity contribution < 1.29 is 14.3 Å². The molecule has 0 atom stereocenters. The molecule has 3 nitrogen and oxygen atoms in total. The molecule has 1 aliphatic carbocycles. The fourth-order valence-corrected chi connectivity index (χ4v) is 2.44. The standard InChI is InChI=1S/C13H22O3/c1-4-13(2,3)10-5-7-11(8-6-10)16-12(15)9-14/h9-11H,4-8H2,1-3H3. The van der Waals surface area contributed by atoms with Gasteiger partial charge in [0.2, 0.25) is 6.29 Å². The molecule has 3 heteroatoms. The Balaban J connectivity index is 2.39. The van der Waals surface area contributed by atoms with Gasteiger partial charge in [-0.1, -0.05) is 27.2 Å². The summed E-state index contributed by atoms with van der Waals surface area (Å²) in [4.78, 5) is 21.0. The lowest BCUT2D eigenvalue weighted by molar-refractivity contribution is -0.155. The van der Waals surface area contributed by atoms with Gasteiger partial charge in [-0.25, -0.2) is 4.79 Å². The molecule has 0 spiro atoms. The van der Waals surface area contributed by atoms with Crippen molar-refractivity contribution in [3.63, 3.8) is 0 Å². The molecule has 1 aliphatic rings. The van der Waals surface area contributed by atoms with Gasteiger partial charge in [-0.05, 0) is 37.0 Å². The van der Waals surface area contributed by atoms with Crippen molar-refractivity contribution in [2.24, 2.45) is 11.3 Å². The summed E-state index contributed by atoms with van der Waals surface area (Å²) < 4.78 is 5.03. The summed E-state index contributed by atoms with van der Waals surface area (Å²) in [6, 6.07) is 0. The van der Waals surface area contributed by atoms with Gasteiger partial charge < -0.3 is 4.74 Å². The van der Waals surface area contributed by atoms with Crippen molar-refractivity contribution in [2.45, 2.75) is 59.0 Å². The molecule has 0 radical (unpaired) electrons. The predicted molar refractivity (Wildman–Crippen MR) is 62.0 cm³/mol. The molecule has 0 N–H and O–H groups in total. The van der Waals surface area contributed by atoms with Crippen molar-refractivity contribution in [2.75, 3.05) is 0 Å². The highest BCUT2D eigenvalue weighted by atomic mass is 16.5. The van der Waals surface area contributed by atoms with Gasteiger partial charge >= 0.3 is 5.97 Å². The highest BCUT2D eigenvalue weighted by Gasteiger charge is 2.32. The lowest BCUT2D eigenvalue weighted by atomic mass is 9.69. The molecule has 0 aromatic carbocycles. The molecule has 16 heavy (non-hydrogen) atoms. The van der Waals surface area contributed by atoms with E-state index in [0.29, 0.717) is 11.3 Å². The van der Waals surface area contributed by atoms with Gasteiger partial charge in [-0.3, -0.25) is 4.79 Å². The van der Waals surface area contributed by atoms with Crippen molar-refractivity contribution in [3.8, 4) is 0 Å². The van der Waals surface area contributed by atoms with Gasteiger partial charge in [0.1, 0.15) is 6.10 Å². The first-order valence-corrected chi connectivity index (χ1v) is 6.15. The van der Waals surface area contributed by atoms with E-state index in [1.54, 1.807) is 0 Å². The molecule has 1 fully saturated rings. The Labute approximate surface area is 97.5 Å². The number of hydrogen-bond acceptors (Lipinski definition) is 3. The van der Waals surface area contributed by atoms with Gasteiger partial charge in [0.05, 0.1) is 0 Å². The van der Waals surface area contributed by atoms with E-state index in [1.807, 2.05) is 0 Å². The Hall–Kier alpha value is -0.860. The molecule has 92 valence electrons. The maximum atomic E-state index is 10.8. The summed E-state index contributed by atoms with van der Waals surface area (Å²) in [5, 5.41) is 0. The SMILES string of the molecule is CCC(C)(C)C1CCC(OC(=O)C=O)CC1. The Morgan fingerprint density at radius 3 is 2.31 bits per heavy atom. The highest BCUT2D eigenvalue weighted by molar-refractivity contribution is 6.20. The second-order valence-electron chi connectivity index (χ2n) is 5.37. The molecular weight excluding hydrogens is 204 g/mol. The number of esters is 1. The topological polar surface area (TPSA) is 43.4 Å². The second-order valence-corrected chi connectivity index (χ2v) is 5.37. The fourth-order valence-electron chi connectivity index (χ4n) is 2.44. The molecule has 0 bridgehead atoms. The van der Waals surface area contributed by atoms with Crippen LogP contribution in [-0.4, -0.2) is 18.4 Å². The van der Waals surface area contributed by atoms with Gasteiger partial charge in [0, 0.05) is 0 Å². The van der Waals surface area contributed by atoms with E-state index < -0.39 is 5.97 Å². The normalized spacial score (nSPS) is 26.2. The first-order valence-electron chi connectivity index (χ1n) is 6.15. The zero-order valence-corrected chi connectivity index (χ0v) is 10.5. The molecule has 0 saturated heterocycles. The minimum atomic E-state index is -0.724. The molecule has 0 unspecified atom stereocenters. The van der Waals surface area contributed by atoms with E-state index in [-0.39, 0.29) is 12.4 Å². The van der Waals surface area contributed by atoms with Crippen LogP contribution in [0.4, 0.5) is 0 Å². The van der Waals surface area contributed by atoms with Crippen LogP contribution < -0.4 is 0 Å². The van der Waals surface area contributed by atoms with E-state index in [9.17, 15) is 9.59 Å². The van der Waals surface area contributed by atoms with Crippen LogP contribution in [0.2, 0.25) is 0 Å². The smallest absolute Gasteiger partial charge is 0.371 e. The largest absolute Gasteiger partial charge is 0.457 e. The van der Waals surface area contributed by atoms with E-state index in [1.165, 1.54) is 6.42 Å². The van der Waals surface area contributed by atoms with E-state index >= 15 is 0 Å². The summed E-state index contributed by atoms with van der Waals surface area (Å²) in [6.45, 7) is 6.82. The first kappa shape index (κ1) is 13.2. The Bertz CT molecular complexity index is 250. The number of aldehydes is 1. The van der Waals surface area contributed by atoms with Crippen LogP contribution in [0.1, 0.15) is 52.9 Å². The summed E-state index contributed by atoms with van der Waals surface area (Å²) in [7, 11) is 0. The highest BCUT2D eigenvalue weighted by Crippen LogP contribution is 2.40. The molecular formula is C13H22O3. The van der Waals surface area contributed by atoms with Crippen molar-refractivity contribution in [1.82, 2.24) is 0 Å². The number of ether oxygens (including phenoxy) is 1. The molecule has 1 rings (SSSR count). The van der Waals surface area contributed by atoms with Gasteiger partial charge in [0.25, 0.3) is 0 Å². The minimum absolute atomic E-state index is 0.0402. The maximum Gasteiger partial charge on any atom is 0.371 e. The third kappa shape index (κ3) is 3.32. The molecule has 0 aromatic rings. The molecule has 0 aliphatic heterocycles. The Morgan fingerprint density at radius 1 is 1.31 bits per heavy atom. The molecule has 1 saturated carbocycles. The average molecular weight is 226 g/mol. The third-order valence-corrected chi connectivity index (χ3v) is 4.07. The van der Waals surface area contributed by atoms with Crippen LogP contribution in [-0.2, 0) is 14.3 Å². The van der Waals surface area contributed by atoms with Crippen LogP contribution in [0.25, 0.3) is 0 Å². The fraction of sp³-hybridized carbons (Fsp3) is 0.846. The molecule has 0 heterocycles. The number of carbonyl (C=O) groups is 2. The van der Waals surface area contributed by atoms with Crippen molar-refractivity contribution >= 4 is 12.3 Å². The van der Waals surface area contributed by atoms with Gasteiger partial charge in [0.15, 0.2) is 0 Å². The number of hydrogen-bond donors (Lipinski definition) is 0. The zero-order valence-electron chi connectivity index (χ0n) is 10.5.